The second-order valence-electron chi connectivity index (χ2n) is 5.11. The van der Waals surface area contributed by atoms with Crippen LogP contribution in [0.1, 0.15) is 31.9 Å². The lowest BCUT2D eigenvalue weighted by atomic mass is 10.1. The largest absolute Gasteiger partial charge is 0.339 e. The highest BCUT2D eigenvalue weighted by Crippen LogP contribution is 2.25. The molecule has 0 spiro atoms. The number of aromatic amines is 1. The summed E-state index contributed by atoms with van der Waals surface area (Å²) in [5.74, 6) is 1.52. The topological polar surface area (TPSA) is 96.6 Å². The number of anilines is 1. The first kappa shape index (κ1) is 13.4. The Labute approximate surface area is 121 Å². The lowest BCUT2D eigenvalue weighted by Crippen LogP contribution is -2.40. The molecule has 0 saturated carbocycles. The van der Waals surface area contributed by atoms with Crippen molar-refractivity contribution in [2.45, 2.75) is 38.6 Å². The first-order chi connectivity index (χ1) is 9.78. The van der Waals surface area contributed by atoms with E-state index in [0.717, 1.165) is 61.1 Å². The van der Waals surface area contributed by atoms with Gasteiger partial charge in [-0.25, -0.2) is 0 Å². The van der Waals surface area contributed by atoms with E-state index in [9.17, 15) is 0 Å². The van der Waals surface area contributed by atoms with Crippen LogP contribution in [-0.4, -0.2) is 43.9 Å². The molecule has 0 unspecified atom stereocenters. The van der Waals surface area contributed by atoms with Gasteiger partial charge in [0.1, 0.15) is 4.88 Å². The van der Waals surface area contributed by atoms with Gasteiger partial charge in [0.05, 0.1) is 5.69 Å². The quantitative estimate of drug-likeness (QED) is 0.879. The molecule has 7 nitrogen and oxygen atoms in total. The zero-order valence-corrected chi connectivity index (χ0v) is 12.4. The van der Waals surface area contributed by atoms with Crippen LogP contribution in [0.25, 0.3) is 10.7 Å². The highest BCUT2D eigenvalue weighted by atomic mass is 32.1. The van der Waals surface area contributed by atoms with Crippen LogP contribution in [0.5, 0.6) is 0 Å². The molecule has 0 bridgehead atoms. The first-order valence-electron chi connectivity index (χ1n) is 7.02. The average Bonchev–Trinajstić information content (AvgIpc) is 3.08. The summed E-state index contributed by atoms with van der Waals surface area (Å²) < 4.78 is 4.02. The Morgan fingerprint density at radius 1 is 1.40 bits per heavy atom. The Balaban J connectivity index is 1.78. The number of hydrogen-bond acceptors (Lipinski definition) is 7. The van der Waals surface area contributed by atoms with E-state index in [-0.39, 0.29) is 0 Å². The Kier molecular flexibility index (Phi) is 3.93. The SMILES string of the molecule is CCCc1nnsc1-c1nc(N2CCC(N)CC2)n[nH]1. The molecule has 0 amide bonds. The van der Waals surface area contributed by atoms with Crippen LogP contribution in [0.15, 0.2) is 0 Å². The standard InChI is InChI=1S/C12H19N7S/c1-2-3-9-10(20-18-15-9)11-14-12(17-16-11)19-6-4-8(13)5-7-19/h8H,2-7,13H2,1H3,(H,14,16,17). The van der Waals surface area contributed by atoms with Crippen molar-refractivity contribution in [2.24, 2.45) is 5.73 Å². The zero-order valence-electron chi connectivity index (χ0n) is 11.5. The molecule has 108 valence electrons. The number of hydrogen-bond donors (Lipinski definition) is 2. The second kappa shape index (κ2) is 5.84. The molecule has 2 aromatic rings. The number of aryl methyl sites for hydroxylation is 1. The van der Waals surface area contributed by atoms with E-state index in [1.54, 1.807) is 0 Å². The highest BCUT2D eigenvalue weighted by molar-refractivity contribution is 7.09. The minimum absolute atomic E-state index is 0.312. The third kappa shape index (κ3) is 2.66. The van der Waals surface area contributed by atoms with Crippen molar-refractivity contribution in [3.8, 4) is 10.7 Å². The van der Waals surface area contributed by atoms with Gasteiger partial charge in [-0.15, -0.1) is 10.2 Å². The van der Waals surface area contributed by atoms with E-state index in [0.29, 0.717) is 6.04 Å². The van der Waals surface area contributed by atoms with Gasteiger partial charge in [-0.3, -0.25) is 5.10 Å². The number of nitrogens with one attached hydrogen (secondary N) is 1. The molecular weight excluding hydrogens is 274 g/mol. The predicted molar refractivity (Wildman–Crippen MR) is 78.7 cm³/mol. The van der Waals surface area contributed by atoms with Crippen molar-refractivity contribution in [3.05, 3.63) is 5.69 Å². The van der Waals surface area contributed by atoms with E-state index >= 15 is 0 Å². The van der Waals surface area contributed by atoms with Crippen LogP contribution in [0.4, 0.5) is 5.95 Å². The van der Waals surface area contributed by atoms with Crippen molar-refractivity contribution < 1.29 is 0 Å². The lowest BCUT2D eigenvalue weighted by Gasteiger charge is -2.28. The summed E-state index contributed by atoms with van der Waals surface area (Å²) in [6.07, 6.45) is 3.95. The van der Waals surface area contributed by atoms with Crippen molar-refractivity contribution in [1.82, 2.24) is 24.8 Å². The van der Waals surface area contributed by atoms with Crippen LogP contribution in [0, 0.1) is 0 Å². The van der Waals surface area contributed by atoms with E-state index in [4.69, 9.17) is 5.73 Å². The molecule has 20 heavy (non-hydrogen) atoms. The number of nitrogens with two attached hydrogens (primary N) is 1. The third-order valence-corrected chi connectivity index (χ3v) is 4.33. The molecule has 2 aromatic heterocycles. The Morgan fingerprint density at radius 3 is 2.95 bits per heavy atom. The van der Waals surface area contributed by atoms with Gasteiger partial charge in [0.25, 0.3) is 0 Å². The van der Waals surface area contributed by atoms with Gasteiger partial charge in [0, 0.05) is 19.1 Å². The maximum absolute atomic E-state index is 5.92. The van der Waals surface area contributed by atoms with Crippen LogP contribution in [0.3, 0.4) is 0 Å². The number of piperidine rings is 1. The highest BCUT2D eigenvalue weighted by Gasteiger charge is 2.21. The summed E-state index contributed by atoms with van der Waals surface area (Å²) in [6.45, 7) is 3.97. The van der Waals surface area contributed by atoms with E-state index < -0.39 is 0 Å². The van der Waals surface area contributed by atoms with E-state index in [1.807, 2.05) is 0 Å². The van der Waals surface area contributed by atoms with Crippen molar-refractivity contribution >= 4 is 17.5 Å². The summed E-state index contributed by atoms with van der Waals surface area (Å²) >= 11 is 1.37. The molecule has 3 rings (SSSR count). The predicted octanol–water partition coefficient (Wildman–Crippen LogP) is 1.20. The maximum atomic E-state index is 5.92. The van der Waals surface area contributed by atoms with Crippen LogP contribution < -0.4 is 10.6 Å². The molecule has 8 heteroatoms. The van der Waals surface area contributed by atoms with Gasteiger partial charge < -0.3 is 10.6 Å². The minimum atomic E-state index is 0.312. The normalized spacial score (nSPS) is 16.8. The summed E-state index contributed by atoms with van der Waals surface area (Å²) in [5, 5.41) is 11.5. The van der Waals surface area contributed by atoms with E-state index in [2.05, 4.69) is 36.6 Å². The summed E-state index contributed by atoms with van der Waals surface area (Å²) in [6, 6.07) is 0.312. The zero-order chi connectivity index (χ0) is 13.9. The van der Waals surface area contributed by atoms with Gasteiger partial charge >= 0.3 is 0 Å². The lowest BCUT2D eigenvalue weighted by molar-refractivity contribution is 0.496. The minimum Gasteiger partial charge on any atom is -0.339 e. The smallest absolute Gasteiger partial charge is 0.245 e. The monoisotopic (exact) mass is 293 g/mol. The van der Waals surface area contributed by atoms with Crippen LogP contribution in [0.2, 0.25) is 0 Å². The molecule has 1 fully saturated rings. The molecule has 0 atom stereocenters. The Hall–Kier alpha value is -1.54. The van der Waals surface area contributed by atoms with E-state index in [1.165, 1.54) is 11.5 Å². The van der Waals surface area contributed by atoms with Crippen molar-refractivity contribution in [2.75, 3.05) is 18.0 Å². The summed E-state index contributed by atoms with van der Waals surface area (Å²) in [5.41, 5.74) is 6.92. The average molecular weight is 293 g/mol. The van der Waals surface area contributed by atoms with Gasteiger partial charge in [-0.2, -0.15) is 4.98 Å². The van der Waals surface area contributed by atoms with Crippen molar-refractivity contribution in [1.29, 1.82) is 0 Å². The Bertz CT molecular complexity index is 556. The molecule has 0 aromatic carbocycles. The summed E-state index contributed by atoms with van der Waals surface area (Å²) in [7, 11) is 0. The van der Waals surface area contributed by atoms with Crippen LogP contribution >= 0.6 is 11.5 Å². The van der Waals surface area contributed by atoms with Gasteiger partial charge in [0.2, 0.25) is 5.95 Å². The molecule has 1 aliphatic rings. The maximum Gasteiger partial charge on any atom is 0.245 e. The third-order valence-electron chi connectivity index (χ3n) is 3.55. The number of rotatable bonds is 4. The van der Waals surface area contributed by atoms with Gasteiger partial charge in [-0.05, 0) is 30.8 Å². The summed E-state index contributed by atoms with van der Waals surface area (Å²) in [4.78, 5) is 7.77. The number of aromatic nitrogens is 5. The fraction of sp³-hybridized carbons (Fsp3) is 0.667. The van der Waals surface area contributed by atoms with Crippen LogP contribution in [-0.2, 0) is 6.42 Å². The second-order valence-corrected chi connectivity index (χ2v) is 5.86. The first-order valence-corrected chi connectivity index (χ1v) is 7.79. The number of nitrogens with zero attached hydrogens (tertiary/aromatic N) is 5. The molecule has 0 aliphatic carbocycles. The molecule has 1 saturated heterocycles. The molecule has 0 radical (unpaired) electrons. The molecule has 1 aliphatic heterocycles. The molecule has 3 N–H and O–H groups in total. The number of H-pyrrole nitrogens is 1. The fourth-order valence-corrected chi connectivity index (χ4v) is 3.03. The Morgan fingerprint density at radius 2 is 2.20 bits per heavy atom. The molecular formula is C12H19N7S. The van der Waals surface area contributed by atoms with Gasteiger partial charge in [-0.1, -0.05) is 17.8 Å². The van der Waals surface area contributed by atoms with Gasteiger partial charge in [0.15, 0.2) is 5.82 Å². The van der Waals surface area contributed by atoms with Crippen molar-refractivity contribution in [3.63, 3.8) is 0 Å². The molecule has 3 heterocycles. The fourth-order valence-electron chi connectivity index (χ4n) is 2.38.